The van der Waals surface area contributed by atoms with Gasteiger partial charge in [-0.2, -0.15) is 0 Å². The molecule has 0 aromatic heterocycles. The first-order valence-corrected chi connectivity index (χ1v) is 7.66. The molecule has 9 nitrogen and oxygen atoms in total. The Morgan fingerprint density at radius 1 is 0.926 bits per heavy atom. The Kier molecular flexibility index (Phi) is 6.32. The summed E-state index contributed by atoms with van der Waals surface area (Å²) >= 11 is 0. The summed E-state index contributed by atoms with van der Waals surface area (Å²) in [7, 11) is 4.08. The number of esters is 1. The van der Waals surface area contributed by atoms with E-state index in [4.69, 9.17) is 14.2 Å². The average Bonchev–Trinajstić information content (AvgIpc) is 2.70. The van der Waals surface area contributed by atoms with Crippen LogP contribution < -0.4 is 14.2 Å². The first kappa shape index (κ1) is 19.7. The van der Waals surface area contributed by atoms with Gasteiger partial charge in [-0.05, 0) is 30.3 Å². The molecule has 0 spiro atoms. The Hall–Kier alpha value is -3.62. The van der Waals surface area contributed by atoms with Crippen molar-refractivity contribution >= 4 is 17.4 Å². The Labute approximate surface area is 154 Å². The Morgan fingerprint density at radius 2 is 1.56 bits per heavy atom. The van der Waals surface area contributed by atoms with Crippen LogP contribution in [0.15, 0.2) is 36.4 Å². The smallest absolute Gasteiger partial charge is 0.338 e. The lowest BCUT2D eigenvalue weighted by Gasteiger charge is -2.10. The van der Waals surface area contributed by atoms with Crippen LogP contribution in [0.25, 0.3) is 0 Å². The lowest BCUT2D eigenvalue weighted by Crippen LogP contribution is -2.13. The summed E-state index contributed by atoms with van der Waals surface area (Å²) in [6.45, 7) is -0.437. The molecule has 0 atom stereocenters. The highest BCUT2D eigenvalue weighted by Gasteiger charge is 2.20. The molecule has 0 saturated heterocycles. The second kappa shape index (κ2) is 8.65. The van der Waals surface area contributed by atoms with Crippen LogP contribution in [0.3, 0.4) is 0 Å². The molecule has 142 valence electrons. The lowest BCUT2D eigenvalue weighted by atomic mass is 10.1. The zero-order valence-electron chi connectivity index (χ0n) is 14.9. The average molecular weight is 375 g/mol. The van der Waals surface area contributed by atoms with E-state index in [0.29, 0.717) is 17.1 Å². The minimum atomic E-state index is -0.717. The van der Waals surface area contributed by atoms with Crippen LogP contribution in [0.2, 0.25) is 0 Å². The van der Waals surface area contributed by atoms with Crippen LogP contribution in [0, 0.1) is 10.1 Å². The van der Waals surface area contributed by atoms with Crippen LogP contribution in [0.1, 0.15) is 20.7 Å². The summed E-state index contributed by atoms with van der Waals surface area (Å²) in [4.78, 5) is 34.3. The Balaban J connectivity index is 2.19. The van der Waals surface area contributed by atoms with Crippen molar-refractivity contribution in [2.45, 2.75) is 0 Å². The van der Waals surface area contributed by atoms with Crippen molar-refractivity contribution in [2.75, 3.05) is 27.9 Å². The van der Waals surface area contributed by atoms with Crippen LogP contribution in [-0.4, -0.2) is 44.6 Å². The van der Waals surface area contributed by atoms with Gasteiger partial charge < -0.3 is 18.9 Å². The van der Waals surface area contributed by atoms with Crippen molar-refractivity contribution in [3.8, 4) is 17.2 Å². The molecule has 0 radical (unpaired) electrons. The van der Waals surface area contributed by atoms with E-state index in [2.05, 4.69) is 4.74 Å². The third-order valence-electron chi connectivity index (χ3n) is 3.64. The van der Waals surface area contributed by atoms with Gasteiger partial charge in [0.05, 0.1) is 31.8 Å². The van der Waals surface area contributed by atoms with Crippen molar-refractivity contribution in [3.63, 3.8) is 0 Å². The molecule has 2 aromatic carbocycles. The fourth-order valence-electron chi connectivity index (χ4n) is 2.26. The molecular weight excluding hydrogens is 358 g/mol. The maximum Gasteiger partial charge on any atom is 0.338 e. The van der Waals surface area contributed by atoms with Crippen molar-refractivity contribution in [1.29, 1.82) is 0 Å². The first-order chi connectivity index (χ1) is 12.9. The predicted molar refractivity (Wildman–Crippen MR) is 93.8 cm³/mol. The van der Waals surface area contributed by atoms with Gasteiger partial charge >= 0.3 is 11.7 Å². The van der Waals surface area contributed by atoms with Gasteiger partial charge in [-0.25, -0.2) is 4.79 Å². The summed E-state index contributed by atoms with van der Waals surface area (Å²) in [6.07, 6.45) is 0. The number of carbonyl (C=O) groups is 2. The number of carbonyl (C=O) groups excluding carboxylic acids is 2. The summed E-state index contributed by atoms with van der Waals surface area (Å²) in [5.74, 6) is -0.435. The fraction of sp³-hybridized carbons (Fsp3) is 0.222. The number of nitro groups is 1. The fourth-order valence-corrected chi connectivity index (χ4v) is 2.26. The van der Waals surface area contributed by atoms with E-state index in [-0.39, 0.29) is 11.3 Å². The number of methoxy groups -OCH3 is 3. The van der Waals surface area contributed by atoms with Crippen LogP contribution in [-0.2, 0) is 4.74 Å². The molecule has 27 heavy (non-hydrogen) atoms. The minimum absolute atomic E-state index is 0.00256. The molecule has 2 aromatic rings. The minimum Gasteiger partial charge on any atom is -0.493 e. The molecule has 0 N–H and O–H groups in total. The van der Waals surface area contributed by atoms with Gasteiger partial charge in [-0.3, -0.25) is 14.9 Å². The number of Topliss-reactive ketones (excluding diaryl/α,β-unsaturated/α-hetero) is 1. The molecule has 0 aliphatic heterocycles. The van der Waals surface area contributed by atoms with Gasteiger partial charge in [0.15, 0.2) is 29.6 Å². The zero-order valence-corrected chi connectivity index (χ0v) is 14.9. The van der Waals surface area contributed by atoms with E-state index >= 15 is 0 Å². The van der Waals surface area contributed by atoms with Gasteiger partial charge in [0.1, 0.15) is 0 Å². The zero-order chi connectivity index (χ0) is 20.0. The topological polar surface area (TPSA) is 114 Å². The summed E-state index contributed by atoms with van der Waals surface area (Å²) in [6, 6.07) is 8.17. The van der Waals surface area contributed by atoms with Crippen LogP contribution >= 0.6 is 0 Å². The molecule has 0 fully saturated rings. The number of benzene rings is 2. The van der Waals surface area contributed by atoms with E-state index in [1.807, 2.05) is 0 Å². The SMILES string of the molecule is COC(=O)c1ccc(OCC(=O)c2ccc(OC)c(OC)c2)c([N+](=O)[O-])c1. The number of hydrogen-bond acceptors (Lipinski definition) is 8. The Morgan fingerprint density at radius 3 is 2.15 bits per heavy atom. The van der Waals surface area contributed by atoms with Gasteiger partial charge in [0.25, 0.3) is 0 Å². The van der Waals surface area contributed by atoms with E-state index in [1.54, 1.807) is 6.07 Å². The second-order valence-corrected chi connectivity index (χ2v) is 5.21. The van der Waals surface area contributed by atoms with E-state index in [9.17, 15) is 19.7 Å². The van der Waals surface area contributed by atoms with Gasteiger partial charge in [0.2, 0.25) is 0 Å². The summed E-state index contributed by atoms with van der Waals surface area (Å²) in [5, 5.41) is 11.2. The number of nitrogens with zero attached hydrogens (tertiary/aromatic N) is 1. The third-order valence-corrected chi connectivity index (χ3v) is 3.64. The van der Waals surface area contributed by atoms with Crippen molar-refractivity contribution in [2.24, 2.45) is 0 Å². The van der Waals surface area contributed by atoms with Crippen LogP contribution in [0.4, 0.5) is 5.69 Å². The predicted octanol–water partition coefficient (Wildman–Crippen LogP) is 2.66. The van der Waals surface area contributed by atoms with Crippen molar-refractivity contribution in [1.82, 2.24) is 0 Å². The van der Waals surface area contributed by atoms with Gasteiger partial charge in [-0.15, -0.1) is 0 Å². The normalized spacial score (nSPS) is 10.0. The number of rotatable bonds is 8. The highest BCUT2D eigenvalue weighted by Crippen LogP contribution is 2.30. The molecular formula is C18H17NO8. The molecule has 0 saturated carbocycles. The summed E-state index contributed by atoms with van der Waals surface area (Å²) < 4.78 is 20.1. The Bertz CT molecular complexity index is 878. The first-order valence-electron chi connectivity index (χ1n) is 7.66. The van der Waals surface area contributed by atoms with Crippen molar-refractivity contribution < 1.29 is 33.5 Å². The van der Waals surface area contributed by atoms with Gasteiger partial charge in [0, 0.05) is 11.6 Å². The van der Waals surface area contributed by atoms with Crippen LogP contribution in [0.5, 0.6) is 17.2 Å². The molecule has 9 heteroatoms. The number of hydrogen-bond donors (Lipinski definition) is 0. The lowest BCUT2D eigenvalue weighted by molar-refractivity contribution is -0.385. The molecule has 0 amide bonds. The van der Waals surface area contributed by atoms with Crippen molar-refractivity contribution in [3.05, 3.63) is 57.6 Å². The van der Waals surface area contributed by atoms with E-state index in [0.717, 1.165) is 6.07 Å². The number of ketones is 1. The molecule has 0 heterocycles. The summed E-state index contributed by atoms with van der Waals surface area (Å²) in [5.41, 5.74) is -0.151. The molecule has 2 rings (SSSR count). The highest BCUT2D eigenvalue weighted by molar-refractivity contribution is 5.98. The highest BCUT2D eigenvalue weighted by atomic mass is 16.6. The molecule has 0 aliphatic carbocycles. The number of nitro benzene ring substituents is 1. The second-order valence-electron chi connectivity index (χ2n) is 5.21. The largest absolute Gasteiger partial charge is 0.493 e. The quantitative estimate of drug-likeness (QED) is 0.299. The van der Waals surface area contributed by atoms with E-state index in [1.165, 1.54) is 45.6 Å². The number of ether oxygens (including phenoxy) is 4. The maximum absolute atomic E-state index is 12.3. The monoisotopic (exact) mass is 375 g/mol. The standard InChI is InChI=1S/C18H17NO8/c1-24-16-7-4-11(9-17(16)25-2)14(20)10-27-15-6-5-12(18(21)26-3)8-13(15)19(22)23/h4-9H,10H2,1-3H3. The maximum atomic E-state index is 12.3. The molecule has 0 unspecified atom stereocenters. The van der Waals surface area contributed by atoms with E-state index < -0.39 is 29.0 Å². The molecule has 0 aliphatic rings. The molecule has 0 bridgehead atoms. The third kappa shape index (κ3) is 4.51. The van der Waals surface area contributed by atoms with Gasteiger partial charge in [-0.1, -0.05) is 0 Å².